The first-order chi connectivity index (χ1) is 1.73. The fourth-order valence-electron chi connectivity index (χ4n) is 0. The van der Waals surface area contributed by atoms with Crippen LogP contribution in [0.2, 0.25) is 0 Å². The summed E-state index contributed by atoms with van der Waals surface area (Å²) in [5.41, 5.74) is 0. The van der Waals surface area contributed by atoms with Crippen LogP contribution in [-0.2, 0) is 0 Å². The predicted molar refractivity (Wildman–Crippen MR) is 8.19 cm³/mol. The van der Waals surface area contributed by atoms with E-state index in [-0.39, 0.29) is 31.3 Å². The largest absolute Gasteiger partial charge is 1.00 e. The minimum Gasteiger partial charge on any atom is -0.652 e. The van der Waals surface area contributed by atoms with E-state index in [1.165, 1.54) is 0 Å². The maximum Gasteiger partial charge on any atom is 1.00 e. The van der Waals surface area contributed by atoms with E-state index in [0.29, 0.717) is 0 Å². The molecule has 0 aromatic heterocycles. The van der Waals surface area contributed by atoms with E-state index >= 15 is 0 Å². The summed E-state index contributed by atoms with van der Waals surface area (Å²) in [6.07, 6.45) is -2.33. The number of carboxylic acid groups (broad SMARTS) is 2. The van der Waals surface area contributed by atoms with Gasteiger partial charge in [0, 0.05) is 0 Å². The van der Waals surface area contributed by atoms with Gasteiger partial charge in [-0.25, -0.2) is 0 Å². The van der Waals surface area contributed by atoms with E-state index in [9.17, 15) is 0 Å². The summed E-state index contributed by atoms with van der Waals surface area (Å²) in [6, 6.07) is 0. The molecule has 0 atom stereocenters. The maximum absolute atomic E-state index is 8.33. The Morgan fingerprint density at radius 1 is 1.33 bits per heavy atom. The molecule has 0 N–H and O–H groups in total. The van der Waals surface area contributed by atoms with Crippen molar-refractivity contribution in [2.75, 3.05) is 0 Å². The van der Waals surface area contributed by atoms with Crippen molar-refractivity contribution in [2.24, 2.45) is 0 Å². The van der Waals surface area contributed by atoms with E-state index in [1.807, 2.05) is 0 Å². The topological polar surface area (TPSA) is 63.2 Å². The molecule has 32 valence electrons. The van der Waals surface area contributed by atoms with Crippen LogP contribution in [0.3, 0.4) is 0 Å². The van der Waals surface area contributed by atoms with E-state index < -0.39 is 6.16 Å². The summed E-state index contributed by atoms with van der Waals surface area (Å²) in [5.74, 6) is 0. The summed E-state index contributed by atoms with van der Waals surface area (Å²) in [6.45, 7) is 0. The Kier molecular flexibility index (Phi) is 24.5. The number of halogens is 1. The Bertz CT molecular complexity index is 33.8. The monoisotopic (exact) mass is 104 g/mol. The van der Waals surface area contributed by atoms with Crippen molar-refractivity contribution in [1.82, 2.24) is 0 Å². The Balaban J connectivity index is -0.0000000450. The second-order valence-electron chi connectivity index (χ2n) is 0.250. The first-order valence-corrected chi connectivity index (χ1v) is 0.612. The number of carbonyl (C=O) groups is 1. The number of carbonyl (C=O) groups excluding carboxylic acids is 1. The number of rotatable bonds is 0. The Morgan fingerprint density at radius 2 is 1.33 bits per heavy atom. The molecule has 0 rings (SSSR count). The van der Waals surface area contributed by atoms with Gasteiger partial charge in [0.05, 0.1) is 12.4 Å². The van der Waals surface area contributed by atoms with Gasteiger partial charge in [-0.2, -0.15) is 0 Å². The summed E-state index contributed by atoms with van der Waals surface area (Å²) in [5, 5.41) is 16.7. The standard InChI is InChI=1S/CH2O3.ClH2.Li/c2-1(3)4;;/h(H2,2,3,4);1H2;/q;2*+1/p-2. The predicted octanol–water partition coefficient (Wildman–Crippen LogP) is -5.98. The van der Waals surface area contributed by atoms with Crippen molar-refractivity contribution >= 4 is 6.16 Å². The zero-order valence-electron chi connectivity index (χ0n) is 3.17. The molecule has 0 aliphatic heterocycles. The molecule has 0 heterocycles. The molecule has 0 amide bonds. The van der Waals surface area contributed by atoms with Gasteiger partial charge in [-0.3, -0.25) is 0 Å². The third-order valence-corrected chi connectivity index (χ3v) is 0. The average molecular weight is 104 g/mol. The van der Waals surface area contributed by atoms with Gasteiger partial charge in [0.15, 0.2) is 0 Å². The van der Waals surface area contributed by atoms with E-state index in [1.54, 1.807) is 0 Å². The van der Waals surface area contributed by atoms with Crippen molar-refractivity contribution < 1.29 is 46.3 Å². The molecular formula is CH2ClLiO3. The van der Waals surface area contributed by atoms with Gasteiger partial charge in [-0.05, 0) is 6.16 Å². The number of hydrogen-bond donors (Lipinski definition) is 0. The van der Waals surface area contributed by atoms with Crippen LogP contribution in [0, 0.1) is 12.4 Å². The molecule has 0 aliphatic rings. The summed E-state index contributed by atoms with van der Waals surface area (Å²) in [4.78, 5) is 8.33. The summed E-state index contributed by atoms with van der Waals surface area (Å²) < 4.78 is 0. The minimum absolute atomic E-state index is 0. The van der Waals surface area contributed by atoms with Crippen LogP contribution >= 0.6 is 0 Å². The average Bonchev–Trinajstić information content (AvgIpc) is 0.811. The van der Waals surface area contributed by atoms with Crippen molar-refractivity contribution in [3.8, 4) is 0 Å². The van der Waals surface area contributed by atoms with Crippen molar-refractivity contribution in [3.05, 3.63) is 0 Å². The minimum atomic E-state index is -2.33. The quantitative estimate of drug-likeness (QED) is 0.288. The maximum atomic E-state index is 8.33. The van der Waals surface area contributed by atoms with Gasteiger partial charge in [0.1, 0.15) is 0 Å². The van der Waals surface area contributed by atoms with Crippen molar-refractivity contribution in [2.45, 2.75) is 0 Å². The Hall–Kier alpha value is 0.157. The van der Waals surface area contributed by atoms with Gasteiger partial charge in [0.2, 0.25) is 0 Å². The molecule has 3 nitrogen and oxygen atoms in total. The normalized spacial score (nSPS) is 4.00. The second kappa shape index (κ2) is 8.94. The molecular weight excluding hydrogens is 102 g/mol. The fraction of sp³-hybridized carbons (Fsp3) is 0. The Labute approximate surface area is 52.9 Å². The van der Waals surface area contributed by atoms with Crippen LogP contribution in [0.5, 0.6) is 0 Å². The molecule has 6 heavy (non-hydrogen) atoms. The van der Waals surface area contributed by atoms with Gasteiger partial charge in [-0.15, -0.1) is 0 Å². The third-order valence-electron chi connectivity index (χ3n) is 0. The van der Waals surface area contributed by atoms with Crippen LogP contribution in [0.15, 0.2) is 0 Å². The van der Waals surface area contributed by atoms with Crippen LogP contribution in [-0.4, -0.2) is 6.16 Å². The van der Waals surface area contributed by atoms with Gasteiger partial charge >= 0.3 is 18.9 Å². The molecule has 0 fully saturated rings. The van der Waals surface area contributed by atoms with Crippen molar-refractivity contribution in [1.29, 1.82) is 0 Å². The molecule has 0 aliphatic carbocycles. The molecule has 0 aromatic carbocycles. The van der Waals surface area contributed by atoms with Gasteiger partial charge < -0.3 is 15.0 Å². The van der Waals surface area contributed by atoms with Crippen LogP contribution < -0.4 is 29.1 Å². The first-order valence-electron chi connectivity index (χ1n) is 0.612. The Morgan fingerprint density at radius 3 is 1.33 bits per heavy atom. The number of hydrogen-bond acceptors (Lipinski definition) is 3. The smallest absolute Gasteiger partial charge is 0.652 e. The molecule has 0 spiro atoms. The van der Waals surface area contributed by atoms with Gasteiger partial charge in [-0.1, -0.05) is 0 Å². The van der Waals surface area contributed by atoms with E-state index in [4.69, 9.17) is 15.0 Å². The van der Waals surface area contributed by atoms with Crippen molar-refractivity contribution in [3.63, 3.8) is 0 Å². The molecule has 0 aromatic rings. The fourth-order valence-corrected chi connectivity index (χ4v) is 0. The first kappa shape index (κ1) is 16.4. The summed E-state index contributed by atoms with van der Waals surface area (Å²) >= 11 is 0. The molecule has 0 bridgehead atoms. The van der Waals surface area contributed by atoms with Crippen LogP contribution in [0.1, 0.15) is 0 Å². The zero-order valence-corrected chi connectivity index (χ0v) is 4.07. The van der Waals surface area contributed by atoms with Gasteiger partial charge in [0.25, 0.3) is 0 Å². The third kappa shape index (κ3) is 1670. The zero-order chi connectivity index (χ0) is 3.58. The molecule has 0 unspecified atom stereocenters. The van der Waals surface area contributed by atoms with Crippen LogP contribution in [0.4, 0.5) is 4.79 Å². The second-order valence-corrected chi connectivity index (χ2v) is 0.250. The molecule has 0 saturated heterocycles. The molecule has 5 heteroatoms. The molecule has 0 radical (unpaired) electrons. The molecule has 0 saturated carbocycles. The van der Waals surface area contributed by atoms with E-state index in [2.05, 4.69) is 0 Å². The SMILES string of the molecule is O=C([O-])[O-].[ClH2+].[Li+]. The van der Waals surface area contributed by atoms with Crippen LogP contribution in [0.25, 0.3) is 0 Å². The summed E-state index contributed by atoms with van der Waals surface area (Å²) in [7, 11) is 0. The van der Waals surface area contributed by atoms with E-state index in [0.717, 1.165) is 0 Å².